The van der Waals surface area contributed by atoms with Crippen LogP contribution in [0.15, 0.2) is 46.9 Å². The van der Waals surface area contributed by atoms with E-state index >= 15 is 0 Å². The van der Waals surface area contributed by atoms with Crippen LogP contribution in [0.25, 0.3) is 0 Å². The zero-order chi connectivity index (χ0) is 13.8. The van der Waals surface area contributed by atoms with Gasteiger partial charge in [0.2, 0.25) is 0 Å². The van der Waals surface area contributed by atoms with Crippen molar-refractivity contribution in [1.82, 2.24) is 0 Å². The molecule has 2 aromatic carbocycles. The molecule has 0 atom stereocenters. The molecular weight excluding hydrogens is 332 g/mol. The predicted octanol–water partition coefficient (Wildman–Crippen LogP) is 4.62. The average Bonchev–Trinajstić information content (AvgIpc) is 2.37. The lowest BCUT2D eigenvalue weighted by Crippen LogP contribution is -2.02. The number of anilines is 1. The van der Waals surface area contributed by atoms with Gasteiger partial charge in [-0.1, -0.05) is 39.7 Å². The van der Waals surface area contributed by atoms with Gasteiger partial charge in [-0.2, -0.15) is 0 Å². The molecule has 6 heteroatoms. The molecule has 0 saturated carbocycles. The number of hydrogen-bond donors (Lipinski definition) is 1. The Morgan fingerprint density at radius 1 is 1.26 bits per heavy atom. The number of nitrogens with zero attached hydrogens (tertiary/aromatic N) is 1. The molecule has 4 nitrogen and oxygen atoms in total. The van der Waals surface area contributed by atoms with Crippen LogP contribution >= 0.6 is 27.5 Å². The van der Waals surface area contributed by atoms with Crippen LogP contribution in [0.1, 0.15) is 5.56 Å². The second-order valence-electron chi connectivity index (χ2n) is 3.90. The lowest BCUT2D eigenvalue weighted by molar-refractivity contribution is -0.383. The Labute approximate surface area is 123 Å². The Morgan fingerprint density at radius 3 is 2.74 bits per heavy atom. The molecule has 0 aliphatic carbocycles. The van der Waals surface area contributed by atoms with E-state index in [2.05, 4.69) is 21.2 Å². The van der Waals surface area contributed by atoms with Crippen molar-refractivity contribution in [1.29, 1.82) is 0 Å². The first-order valence-electron chi connectivity index (χ1n) is 5.48. The number of nitro benzene ring substituents is 1. The Balaban J connectivity index is 2.17. The molecule has 0 bridgehead atoms. The highest BCUT2D eigenvalue weighted by Gasteiger charge is 2.13. The molecule has 0 aromatic heterocycles. The molecule has 98 valence electrons. The minimum absolute atomic E-state index is 0.0255. The minimum atomic E-state index is -0.449. The first-order chi connectivity index (χ1) is 9.06. The highest BCUT2D eigenvalue weighted by atomic mass is 79.9. The SMILES string of the molecule is O=[N+]([O-])c1cc(Cl)ccc1NCc1cccc(Br)c1. The number of halogens is 2. The minimum Gasteiger partial charge on any atom is -0.375 e. The summed E-state index contributed by atoms with van der Waals surface area (Å²) in [6.45, 7) is 0.502. The fourth-order valence-corrected chi connectivity index (χ4v) is 2.26. The summed E-state index contributed by atoms with van der Waals surface area (Å²) in [5.41, 5.74) is 1.45. The largest absolute Gasteiger partial charge is 0.375 e. The quantitative estimate of drug-likeness (QED) is 0.652. The fraction of sp³-hybridized carbons (Fsp3) is 0.0769. The topological polar surface area (TPSA) is 55.2 Å². The molecule has 0 aliphatic rings. The Hall–Kier alpha value is -1.59. The van der Waals surface area contributed by atoms with Gasteiger partial charge < -0.3 is 5.32 Å². The summed E-state index contributed by atoms with van der Waals surface area (Å²) < 4.78 is 0.970. The van der Waals surface area contributed by atoms with Gasteiger partial charge >= 0.3 is 0 Å². The zero-order valence-corrected chi connectivity index (χ0v) is 12.1. The molecule has 2 aromatic rings. The molecule has 19 heavy (non-hydrogen) atoms. The normalized spacial score (nSPS) is 10.2. The molecule has 0 saturated heterocycles. The molecule has 0 aliphatic heterocycles. The van der Waals surface area contributed by atoms with Crippen molar-refractivity contribution in [2.45, 2.75) is 6.54 Å². The van der Waals surface area contributed by atoms with Gasteiger partial charge in [0.05, 0.1) is 4.92 Å². The maximum Gasteiger partial charge on any atom is 0.293 e. The van der Waals surface area contributed by atoms with Crippen LogP contribution in [-0.4, -0.2) is 4.92 Å². The van der Waals surface area contributed by atoms with E-state index in [0.29, 0.717) is 17.3 Å². The van der Waals surface area contributed by atoms with E-state index in [-0.39, 0.29) is 5.69 Å². The third-order valence-corrected chi connectivity index (χ3v) is 3.26. The van der Waals surface area contributed by atoms with Crippen LogP contribution in [0.2, 0.25) is 5.02 Å². The van der Waals surface area contributed by atoms with Crippen LogP contribution < -0.4 is 5.32 Å². The van der Waals surface area contributed by atoms with Crippen molar-refractivity contribution < 1.29 is 4.92 Å². The summed E-state index contributed by atoms with van der Waals surface area (Å²) in [4.78, 5) is 10.5. The maximum absolute atomic E-state index is 10.9. The highest BCUT2D eigenvalue weighted by molar-refractivity contribution is 9.10. The van der Waals surface area contributed by atoms with E-state index in [0.717, 1.165) is 10.0 Å². The van der Waals surface area contributed by atoms with Gasteiger partial charge in [0, 0.05) is 22.1 Å². The summed E-state index contributed by atoms with van der Waals surface area (Å²) >= 11 is 9.14. The average molecular weight is 342 g/mol. The summed E-state index contributed by atoms with van der Waals surface area (Å²) in [5, 5.41) is 14.3. The van der Waals surface area contributed by atoms with E-state index in [1.165, 1.54) is 6.07 Å². The first kappa shape index (κ1) is 13.8. The van der Waals surface area contributed by atoms with E-state index in [1.807, 2.05) is 24.3 Å². The van der Waals surface area contributed by atoms with Crippen LogP contribution in [0.4, 0.5) is 11.4 Å². The molecule has 0 spiro atoms. The maximum atomic E-state index is 10.9. The van der Waals surface area contributed by atoms with Crippen LogP contribution in [0, 0.1) is 10.1 Å². The summed E-state index contributed by atoms with van der Waals surface area (Å²) in [7, 11) is 0. The first-order valence-corrected chi connectivity index (χ1v) is 6.65. The Bertz CT molecular complexity index is 619. The summed E-state index contributed by atoms with van der Waals surface area (Å²) in [5.74, 6) is 0. The molecule has 1 N–H and O–H groups in total. The lowest BCUT2D eigenvalue weighted by atomic mass is 10.2. The van der Waals surface area contributed by atoms with Gasteiger partial charge in [-0.25, -0.2) is 0 Å². The van der Waals surface area contributed by atoms with Gasteiger partial charge in [0.1, 0.15) is 5.69 Å². The van der Waals surface area contributed by atoms with Crippen molar-refractivity contribution in [3.8, 4) is 0 Å². The van der Waals surface area contributed by atoms with Gasteiger partial charge in [0.25, 0.3) is 5.69 Å². The monoisotopic (exact) mass is 340 g/mol. The molecule has 0 unspecified atom stereocenters. The Kier molecular flexibility index (Phi) is 4.39. The van der Waals surface area contributed by atoms with Crippen molar-refractivity contribution in [2.75, 3.05) is 5.32 Å². The van der Waals surface area contributed by atoms with E-state index in [4.69, 9.17) is 11.6 Å². The van der Waals surface area contributed by atoms with Crippen LogP contribution in [0.3, 0.4) is 0 Å². The van der Waals surface area contributed by atoms with Gasteiger partial charge in [0.15, 0.2) is 0 Å². The van der Waals surface area contributed by atoms with Crippen molar-refractivity contribution in [2.24, 2.45) is 0 Å². The van der Waals surface area contributed by atoms with Gasteiger partial charge in [-0.15, -0.1) is 0 Å². The number of rotatable bonds is 4. The lowest BCUT2D eigenvalue weighted by Gasteiger charge is -2.07. The molecule has 0 radical (unpaired) electrons. The van der Waals surface area contributed by atoms with Crippen LogP contribution in [-0.2, 0) is 6.54 Å². The van der Waals surface area contributed by atoms with Gasteiger partial charge in [-0.3, -0.25) is 10.1 Å². The molecule has 0 amide bonds. The second kappa shape index (κ2) is 6.04. The predicted molar refractivity (Wildman–Crippen MR) is 79.6 cm³/mol. The van der Waals surface area contributed by atoms with Gasteiger partial charge in [-0.05, 0) is 29.8 Å². The highest BCUT2D eigenvalue weighted by Crippen LogP contribution is 2.28. The third-order valence-electron chi connectivity index (χ3n) is 2.53. The number of benzene rings is 2. The molecular formula is C13H10BrClN2O2. The molecule has 0 heterocycles. The second-order valence-corrected chi connectivity index (χ2v) is 5.25. The summed E-state index contributed by atoms with van der Waals surface area (Å²) in [6, 6.07) is 12.3. The molecule has 2 rings (SSSR count). The Morgan fingerprint density at radius 2 is 2.05 bits per heavy atom. The van der Waals surface area contributed by atoms with E-state index in [1.54, 1.807) is 12.1 Å². The standard InChI is InChI=1S/C13H10BrClN2O2/c14-10-3-1-2-9(6-10)8-16-12-5-4-11(15)7-13(12)17(18)19/h1-7,16H,8H2. The van der Waals surface area contributed by atoms with E-state index < -0.39 is 4.92 Å². The van der Waals surface area contributed by atoms with Crippen molar-refractivity contribution in [3.05, 3.63) is 67.6 Å². The number of hydrogen-bond acceptors (Lipinski definition) is 3. The smallest absolute Gasteiger partial charge is 0.293 e. The fourth-order valence-electron chi connectivity index (χ4n) is 1.65. The zero-order valence-electron chi connectivity index (χ0n) is 9.77. The molecule has 0 fully saturated rings. The van der Waals surface area contributed by atoms with E-state index in [9.17, 15) is 10.1 Å². The number of nitrogens with one attached hydrogen (secondary N) is 1. The van der Waals surface area contributed by atoms with Crippen molar-refractivity contribution in [3.63, 3.8) is 0 Å². The van der Waals surface area contributed by atoms with Crippen LogP contribution in [0.5, 0.6) is 0 Å². The summed E-state index contributed by atoms with van der Waals surface area (Å²) in [6.07, 6.45) is 0. The number of nitro groups is 1. The third kappa shape index (κ3) is 3.68. The van der Waals surface area contributed by atoms with Crippen molar-refractivity contribution >= 4 is 38.9 Å².